The monoisotopic (exact) mass is 443 g/mol. The molecule has 0 radical (unpaired) electrons. The molecule has 4 rings (SSSR count). The second-order valence-electron chi connectivity index (χ2n) is 6.79. The molecule has 0 aliphatic rings. The van der Waals surface area contributed by atoms with Crippen molar-refractivity contribution in [1.29, 1.82) is 0 Å². The summed E-state index contributed by atoms with van der Waals surface area (Å²) < 4.78 is 39.0. The van der Waals surface area contributed by atoms with Crippen LogP contribution in [0.1, 0.15) is 23.9 Å². The van der Waals surface area contributed by atoms with Crippen LogP contribution in [0.15, 0.2) is 65.8 Å². The van der Waals surface area contributed by atoms with Crippen molar-refractivity contribution >= 4 is 27.0 Å². The van der Waals surface area contributed by atoms with Gasteiger partial charge in [0.05, 0.1) is 17.4 Å². The topological polar surface area (TPSA) is 149 Å². The van der Waals surface area contributed by atoms with Gasteiger partial charge in [-0.05, 0) is 30.7 Å². The zero-order chi connectivity index (χ0) is 22.0. The van der Waals surface area contributed by atoms with E-state index in [-0.39, 0.29) is 40.8 Å². The van der Waals surface area contributed by atoms with E-state index in [4.69, 9.17) is 13.4 Å². The zero-order valence-corrected chi connectivity index (χ0v) is 17.1. The van der Waals surface area contributed by atoms with Crippen molar-refractivity contribution in [2.24, 2.45) is 4.99 Å². The molecule has 0 saturated heterocycles. The van der Waals surface area contributed by atoms with Gasteiger partial charge in [-0.2, -0.15) is 4.98 Å². The number of benzene rings is 1. The first-order valence-electron chi connectivity index (χ1n) is 9.15. The minimum absolute atomic E-state index is 0.0226. The Balaban J connectivity index is 1.70. The molecule has 3 aromatic heterocycles. The van der Waals surface area contributed by atoms with Gasteiger partial charge < -0.3 is 18.5 Å². The Morgan fingerprint density at radius 3 is 2.77 bits per heavy atom. The van der Waals surface area contributed by atoms with E-state index >= 15 is 0 Å². The van der Waals surface area contributed by atoms with E-state index in [1.165, 1.54) is 6.26 Å². The maximum absolute atomic E-state index is 12.3. The molecule has 0 aliphatic heterocycles. The third-order valence-electron chi connectivity index (χ3n) is 4.43. The van der Waals surface area contributed by atoms with E-state index in [1.807, 2.05) is 0 Å². The summed E-state index contributed by atoms with van der Waals surface area (Å²) in [5.41, 5.74) is -0.729. The lowest BCUT2D eigenvalue weighted by Gasteiger charge is -2.07. The van der Waals surface area contributed by atoms with Crippen LogP contribution in [0.5, 0.6) is 5.75 Å². The molecule has 0 fully saturated rings. The Hall–Kier alpha value is -3.73. The van der Waals surface area contributed by atoms with Crippen LogP contribution < -0.4 is 5.63 Å². The van der Waals surface area contributed by atoms with Gasteiger partial charge in [0.25, 0.3) is 5.89 Å². The largest absolute Gasteiger partial charge is 0.506 e. The van der Waals surface area contributed by atoms with Crippen LogP contribution in [-0.2, 0) is 9.84 Å². The van der Waals surface area contributed by atoms with Gasteiger partial charge >= 0.3 is 5.63 Å². The Morgan fingerprint density at radius 1 is 1.23 bits per heavy atom. The lowest BCUT2D eigenvalue weighted by Crippen LogP contribution is -2.10. The molecule has 31 heavy (non-hydrogen) atoms. The highest BCUT2D eigenvalue weighted by atomic mass is 32.2. The van der Waals surface area contributed by atoms with Crippen LogP contribution in [-0.4, -0.2) is 41.9 Å². The van der Waals surface area contributed by atoms with Crippen molar-refractivity contribution in [2.45, 2.75) is 12.5 Å². The third-order valence-corrected chi connectivity index (χ3v) is 5.41. The fraction of sp³-hybridized carbons (Fsp3) is 0.200. The average Bonchev–Trinajstić information content (AvgIpc) is 3.41. The minimum Gasteiger partial charge on any atom is -0.506 e. The number of sulfone groups is 1. The third kappa shape index (κ3) is 4.56. The zero-order valence-electron chi connectivity index (χ0n) is 16.3. The fourth-order valence-corrected chi connectivity index (χ4v) is 3.54. The summed E-state index contributed by atoms with van der Waals surface area (Å²) in [6.07, 6.45) is 3.69. The molecule has 160 valence electrons. The molecule has 1 atom stereocenters. The van der Waals surface area contributed by atoms with E-state index in [2.05, 4.69) is 15.1 Å². The lowest BCUT2D eigenvalue weighted by molar-refractivity contribution is 0.353. The minimum atomic E-state index is -3.30. The van der Waals surface area contributed by atoms with Gasteiger partial charge in [-0.1, -0.05) is 17.3 Å². The highest BCUT2D eigenvalue weighted by Gasteiger charge is 2.22. The number of rotatable bonds is 7. The summed E-state index contributed by atoms with van der Waals surface area (Å²) in [6, 6.07) is 8.93. The molecule has 0 bridgehead atoms. The SMILES string of the molecule is CS(=O)(=O)CCC(N=Cc1c(O)c2ccccc2oc1=O)c1nc(-c2ccco2)no1. The van der Waals surface area contributed by atoms with E-state index in [0.29, 0.717) is 11.1 Å². The quantitative estimate of drug-likeness (QED) is 0.336. The van der Waals surface area contributed by atoms with Crippen molar-refractivity contribution in [3.8, 4) is 17.3 Å². The van der Waals surface area contributed by atoms with Crippen molar-refractivity contribution in [2.75, 3.05) is 12.0 Å². The number of aliphatic imine (C=N–C) groups is 1. The average molecular weight is 443 g/mol. The number of furan rings is 1. The van der Waals surface area contributed by atoms with Crippen LogP contribution >= 0.6 is 0 Å². The summed E-state index contributed by atoms with van der Waals surface area (Å²) in [5.74, 6) is 0.0858. The number of hydrogen-bond donors (Lipinski definition) is 1. The summed E-state index contributed by atoms with van der Waals surface area (Å²) in [5, 5.41) is 14.7. The van der Waals surface area contributed by atoms with E-state index in [9.17, 15) is 18.3 Å². The maximum atomic E-state index is 12.3. The molecule has 0 spiro atoms. The molecule has 11 heteroatoms. The van der Waals surface area contributed by atoms with Crippen LogP contribution in [0.25, 0.3) is 22.6 Å². The molecular formula is C20H17N3O7S. The molecule has 1 aromatic carbocycles. The van der Waals surface area contributed by atoms with Crippen molar-refractivity contribution in [3.05, 3.63) is 64.5 Å². The molecule has 4 aromatic rings. The van der Waals surface area contributed by atoms with E-state index in [0.717, 1.165) is 12.5 Å². The van der Waals surface area contributed by atoms with Crippen LogP contribution in [0.4, 0.5) is 0 Å². The number of fused-ring (bicyclic) bond motifs is 1. The van der Waals surface area contributed by atoms with Gasteiger partial charge in [-0.3, -0.25) is 4.99 Å². The first kappa shape index (κ1) is 20.5. The van der Waals surface area contributed by atoms with Gasteiger partial charge in [-0.25, -0.2) is 13.2 Å². The Bertz CT molecular complexity index is 1400. The Labute approximate surface area is 175 Å². The fourth-order valence-electron chi connectivity index (χ4n) is 2.89. The standard InChI is InChI=1S/C20H17N3O7S/c1-31(26,27)10-8-14(19-22-18(23-30-19)16-7-4-9-28-16)21-11-13-17(24)12-5-2-3-6-15(12)29-20(13)25/h2-7,9,11,14,24H,8,10H2,1H3. The van der Waals surface area contributed by atoms with Crippen LogP contribution in [0.2, 0.25) is 0 Å². The second-order valence-corrected chi connectivity index (χ2v) is 9.05. The normalized spacial score (nSPS) is 13.2. The van der Waals surface area contributed by atoms with Crippen molar-refractivity contribution < 1.29 is 26.9 Å². The number of nitrogens with zero attached hydrogens (tertiary/aromatic N) is 3. The molecule has 10 nitrogen and oxygen atoms in total. The molecular weight excluding hydrogens is 426 g/mol. The molecule has 3 heterocycles. The summed E-state index contributed by atoms with van der Waals surface area (Å²) in [6.45, 7) is 0. The summed E-state index contributed by atoms with van der Waals surface area (Å²) >= 11 is 0. The molecule has 0 saturated carbocycles. The predicted molar refractivity (Wildman–Crippen MR) is 111 cm³/mol. The van der Waals surface area contributed by atoms with Gasteiger partial charge in [0.2, 0.25) is 5.82 Å². The van der Waals surface area contributed by atoms with Gasteiger partial charge in [0.1, 0.15) is 32.8 Å². The van der Waals surface area contributed by atoms with Crippen LogP contribution in [0, 0.1) is 0 Å². The van der Waals surface area contributed by atoms with Gasteiger partial charge in [-0.15, -0.1) is 0 Å². The van der Waals surface area contributed by atoms with Crippen LogP contribution in [0.3, 0.4) is 0 Å². The molecule has 1 N–H and O–H groups in total. The lowest BCUT2D eigenvalue weighted by atomic mass is 10.1. The van der Waals surface area contributed by atoms with Crippen molar-refractivity contribution in [1.82, 2.24) is 10.1 Å². The second kappa shape index (κ2) is 8.19. The number of aromatic hydroxyl groups is 1. The highest BCUT2D eigenvalue weighted by molar-refractivity contribution is 7.90. The molecule has 1 unspecified atom stereocenters. The molecule has 0 aliphatic carbocycles. The van der Waals surface area contributed by atoms with E-state index in [1.54, 1.807) is 36.4 Å². The maximum Gasteiger partial charge on any atom is 0.348 e. The highest BCUT2D eigenvalue weighted by Crippen LogP contribution is 2.27. The van der Waals surface area contributed by atoms with Crippen molar-refractivity contribution in [3.63, 3.8) is 0 Å². The first-order chi connectivity index (χ1) is 14.8. The number of hydrogen-bond acceptors (Lipinski definition) is 10. The number of para-hydroxylation sites is 1. The van der Waals surface area contributed by atoms with Gasteiger partial charge in [0.15, 0.2) is 5.76 Å². The Morgan fingerprint density at radius 2 is 2.03 bits per heavy atom. The smallest absolute Gasteiger partial charge is 0.348 e. The Kier molecular flexibility index (Phi) is 5.42. The van der Waals surface area contributed by atoms with E-state index < -0.39 is 21.5 Å². The number of aromatic nitrogens is 2. The first-order valence-corrected chi connectivity index (χ1v) is 11.2. The van der Waals surface area contributed by atoms with Gasteiger partial charge in [0, 0.05) is 12.5 Å². The summed E-state index contributed by atoms with van der Waals surface area (Å²) in [7, 11) is -3.30. The predicted octanol–water partition coefficient (Wildman–Crippen LogP) is 2.74. The molecule has 0 amide bonds. The summed E-state index contributed by atoms with van der Waals surface area (Å²) in [4.78, 5) is 20.8.